The molecule has 1 saturated carbocycles. The second-order valence-corrected chi connectivity index (χ2v) is 6.92. The zero-order chi connectivity index (χ0) is 13.3. The van der Waals surface area contributed by atoms with E-state index in [0.29, 0.717) is 17.4 Å². The van der Waals surface area contributed by atoms with Crippen LogP contribution in [0.1, 0.15) is 77.0 Å². The number of hydrogen-bond acceptors (Lipinski definition) is 2. The molecule has 18 heavy (non-hydrogen) atoms. The first-order chi connectivity index (χ1) is 8.47. The maximum Gasteiger partial charge on any atom is 0.143 e. The van der Waals surface area contributed by atoms with Crippen LogP contribution in [0.3, 0.4) is 0 Å². The minimum absolute atomic E-state index is 0.349. The van der Waals surface area contributed by atoms with Crippen LogP contribution in [0.5, 0.6) is 0 Å². The van der Waals surface area contributed by atoms with Crippen molar-refractivity contribution in [3.8, 4) is 0 Å². The van der Waals surface area contributed by atoms with Crippen LogP contribution in [-0.4, -0.2) is 14.8 Å². The summed E-state index contributed by atoms with van der Waals surface area (Å²) in [5.41, 5.74) is 0.349. The summed E-state index contributed by atoms with van der Waals surface area (Å²) in [5.74, 6) is 2.81. The molecule has 1 aliphatic carbocycles. The molecule has 1 heterocycles. The lowest BCUT2D eigenvalue weighted by molar-refractivity contribution is 0.187. The minimum atomic E-state index is 0.349. The minimum Gasteiger partial charge on any atom is -0.311 e. The molecule has 0 saturated heterocycles. The molecular formula is C14H24BrN3. The molecular weight excluding hydrogens is 290 g/mol. The fraction of sp³-hybridized carbons (Fsp3) is 0.857. The molecule has 0 spiro atoms. The Hall–Kier alpha value is -0.380. The molecule has 1 atom stereocenters. The van der Waals surface area contributed by atoms with Gasteiger partial charge in [0.25, 0.3) is 0 Å². The third kappa shape index (κ3) is 2.49. The largest absolute Gasteiger partial charge is 0.311 e. The van der Waals surface area contributed by atoms with Gasteiger partial charge in [-0.2, -0.15) is 0 Å². The van der Waals surface area contributed by atoms with Crippen LogP contribution in [-0.2, 0) is 5.33 Å². The smallest absolute Gasteiger partial charge is 0.143 e. The van der Waals surface area contributed by atoms with Gasteiger partial charge in [-0.15, -0.1) is 10.2 Å². The second-order valence-electron chi connectivity index (χ2n) is 6.36. The second kappa shape index (κ2) is 5.32. The van der Waals surface area contributed by atoms with Crippen molar-refractivity contribution in [3.05, 3.63) is 11.6 Å². The van der Waals surface area contributed by atoms with Crippen LogP contribution < -0.4 is 0 Å². The van der Waals surface area contributed by atoms with E-state index in [2.05, 4.69) is 58.4 Å². The van der Waals surface area contributed by atoms with E-state index in [4.69, 9.17) is 0 Å². The molecule has 0 amide bonds. The molecule has 0 N–H and O–H groups in total. The van der Waals surface area contributed by atoms with E-state index in [1.165, 1.54) is 31.5 Å². The Labute approximate surface area is 118 Å². The Morgan fingerprint density at radius 2 is 2.06 bits per heavy atom. The van der Waals surface area contributed by atoms with Crippen LogP contribution in [0.2, 0.25) is 0 Å². The summed E-state index contributed by atoms with van der Waals surface area (Å²) >= 11 is 3.52. The number of hydrogen-bond donors (Lipinski definition) is 0. The third-order valence-electron chi connectivity index (χ3n) is 4.25. The highest BCUT2D eigenvalue weighted by molar-refractivity contribution is 9.08. The highest BCUT2D eigenvalue weighted by atomic mass is 79.9. The molecule has 0 aliphatic heterocycles. The van der Waals surface area contributed by atoms with Crippen molar-refractivity contribution in [1.29, 1.82) is 0 Å². The molecule has 2 rings (SSSR count). The van der Waals surface area contributed by atoms with Crippen molar-refractivity contribution in [2.45, 2.75) is 70.7 Å². The summed E-state index contributed by atoms with van der Waals surface area (Å²) in [5, 5.41) is 9.66. The Bertz CT molecular complexity index is 409. The summed E-state index contributed by atoms with van der Waals surface area (Å²) < 4.78 is 2.33. The van der Waals surface area contributed by atoms with Gasteiger partial charge in [-0.3, -0.25) is 0 Å². The molecule has 0 aromatic carbocycles. The average molecular weight is 314 g/mol. The van der Waals surface area contributed by atoms with Crippen molar-refractivity contribution < 1.29 is 0 Å². The van der Waals surface area contributed by atoms with Gasteiger partial charge in [-0.25, -0.2) is 0 Å². The Morgan fingerprint density at radius 1 is 1.33 bits per heavy atom. The van der Waals surface area contributed by atoms with E-state index in [9.17, 15) is 0 Å². The lowest BCUT2D eigenvalue weighted by Gasteiger charge is -2.38. The molecule has 0 radical (unpaired) electrons. The van der Waals surface area contributed by atoms with Gasteiger partial charge < -0.3 is 4.57 Å². The van der Waals surface area contributed by atoms with Crippen LogP contribution in [0, 0.1) is 5.41 Å². The van der Waals surface area contributed by atoms with Crippen molar-refractivity contribution in [1.82, 2.24) is 14.8 Å². The fourth-order valence-corrected chi connectivity index (χ4v) is 3.58. The standard InChI is InChI=1S/C14H24BrN3/c1-10(2)18-12(9-15)16-17-13(18)11-7-5-6-8-14(11,3)4/h10-11H,5-9H2,1-4H3. The zero-order valence-electron chi connectivity index (χ0n) is 11.9. The van der Waals surface area contributed by atoms with Gasteiger partial charge in [0.2, 0.25) is 0 Å². The lowest BCUT2D eigenvalue weighted by Crippen LogP contribution is -2.29. The van der Waals surface area contributed by atoms with Gasteiger partial charge in [-0.05, 0) is 32.1 Å². The average Bonchev–Trinajstić information content (AvgIpc) is 2.71. The molecule has 3 nitrogen and oxygen atoms in total. The summed E-state index contributed by atoms with van der Waals surface area (Å²) in [7, 11) is 0. The Balaban J connectivity index is 2.40. The normalized spacial score (nSPS) is 23.6. The Kier molecular flexibility index (Phi) is 4.15. The van der Waals surface area contributed by atoms with Gasteiger partial charge in [0, 0.05) is 12.0 Å². The topological polar surface area (TPSA) is 30.7 Å². The van der Waals surface area contributed by atoms with Gasteiger partial charge >= 0.3 is 0 Å². The fourth-order valence-electron chi connectivity index (χ4n) is 3.20. The first-order valence-electron chi connectivity index (χ1n) is 6.97. The summed E-state index contributed by atoms with van der Waals surface area (Å²) in [6.07, 6.45) is 5.22. The highest BCUT2D eigenvalue weighted by Crippen LogP contribution is 2.46. The van der Waals surface area contributed by atoms with E-state index in [-0.39, 0.29) is 0 Å². The van der Waals surface area contributed by atoms with E-state index < -0.39 is 0 Å². The molecule has 102 valence electrons. The highest BCUT2D eigenvalue weighted by Gasteiger charge is 2.37. The van der Waals surface area contributed by atoms with Crippen molar-refractivity contribution in [2.24, 2.45) is 5.41 Å². The molecule has 1 aliphatic rings. The van der Waals surface area contributed by atoms with Crippen LogP contribution in [0.25, 0.3) is 0 Å². The SMILES string of the molecule is CC(C)n1c(CBr)nnc1C1CCCCC1(C)C. The van der Waals surface area contributed by atoms with Crippen molar-refractivity contribution >= 4 is 15.9 Å². The predicted octanol–water partition coefficient (Wildman–Crippen LogP) is 4.44. The van der Waals surface area contributed by atoms with Gasteiger partial charge in [0.15, 0.2) is 0 Å². The third-order valence-corrected chi connectivity index (χ3v) is 4.75. The predicted molar refractivity (Wildman–Crippen MR) is 78.0 cm³/mol. The van der Waals surface area contributed by atoms with Crippen LogP contribution in [0.15, 0.2) is 0 Å². The maximum atomic E-state index is 4.51. The Morgan fingerprint density at radius 3 is 2.61 bits per heavy atom. The first-order valence-corrected chi connectivity index (χ1v) is 8.09. The first kappa shape index (κ1) is 14.0. The number of rotatable bonds is 3. The van der Waals surface area contributed by atoms with Crippen LogP contribution in [0.4, 0.5) is 0 Å². The van der Waals surface area contributed by atoms with E-state index in [1.807, 2.05) is 0 Å². The molecule has 1 fully saturated rings. The molecule has 1 unspecified atom stereocenters. The van der Waals surface area contributed by atoms with Crippen LogP contribution >= 0.6 is 15.9 Å². The van der Waals surface area contributed by atoms with Crippen molar-refractivity contribution in [3.63, 3.8) is 0 Å². The molecule has 0 bridgehead atoms. The van der Waals surface area contributed by atoms with E-state index >= 15 is 0 Å². The maximum absolute atomic E-state index is 4.51. The number of halogens is 1. The number of nitrogens with zero attached hydrogens (tertiary/aromatic N) is 3. The van der Waals surface area contributed by atoms with E-state index in [1.54, 1.807) is 0 Å². The molecule has 1 aromatic rings. The monoisotopic (exact) mass is 313 g/mol. The summed E-state index contributed by atoms with van der Waals surface area (Å²) in [6.45, 7) is 9.19. The van der Waals surface area contributed by atoms with Gasteiger partial charge in [-0.1, -0.05) is 42.6 Å². The quantitative estimate of drug-likeness (QED) is 0.772. The number of aromatic nitrogens is 3. The van der Waals surface area contributed by atoms with E-state index in [0.717, 1.165) is 11.2 Å². The summed E-state index contributed by atoms with van der Waals surface area (Å²) in [6, 6.07) is 0.431. The van der Waals surface area contributed by atoms with Gasteiger partial charge in [0.1, 0.15) is 11.6 Å². The molecule has 1 aromatic heterocycles. The number of alkyl halides is 1. The summed E-state index contributed by atoms with van der Waals surface area (Å²) in [4.78, 5) is 0. The lowest BCUT2D eigenvalue weighted by atomic mass is 9.68. The van der Waals surface area contributed by atoms with Gasteiger partial charge in [0.05, 0.1) is 5.33 Å². The zero-order valence-corrected chi connectivity index (χ0v) is 13.5. The van der Waals surface area contributed by atoms with Crippen molar-refractivity contribution in [2.75, 3.05) is 0 Å². The molecule has 4 heteroatoms.